The minimum Gasteiger partial charge on any atom is -0.363 e. The van der Waals surface area contributed by atoms with E-state index in [1.807, 2.05) is 19.0 Å². The zero-order valence-corrected chi connectivity index (χ0v) is 9.67. The summed E-state index contributed by atoms with van der Waals surface area (Å²) in [6.07, 6.45) is 5.88. The molecule has 0 aromatic rings. The summed E-state index contributed by atoms with van der Waals surface area (Å²) in [7, 11) is 3.93. The maximum Gasteiger partial charge on any atom is 0.140 e. The molecule has 0 unspecified atom stereocenters. The summed E-state index contributed by atoms with van der Waals surface area (Å²) in [5, 5.41) is 2.08. The van der Waals surface area contributed by atoms with E-state index in [9.17, 15) is 0 Å². The first kappa shape index (κ1) is 12.0. The summed E-state index contributed by atoms with van der Waals surface area (Å²) >= 11 is 6.71. The van der Waals surface area contributed by atoms with Gasteiger partial charge in [0.2, 0.25) is 0 Å². The Morgan fingerprint density at radius 3 is 2.67 bits per heavy atom. The highest BCUT2D eigenvalue weighted by Crippen LogP contribution is 2.09. The zero-order valence-electron chi connectivity index (χ0n) is 8.04. The van der Waals surface area contributed by atoms with Gasteiger partial charge < -0.3 is 4.90 Å². The summed E-state index contributed by atoms with van der Waals surface area (Å²) in [6.45, 7) is 2.20. The SMILES string of the molecule is CCCC/C=C\SC(=S)N(C)C. The molecule has 12 heavy (non-hydrogen) atoms. The summed E-state index contributed by atoms with van der Waals surface area (Å²) in [6, 6.07) is 0. The van der Waals surface area contributed by atoms with Crippen LogP contribution in [-0.4, -0.2) is 23.3 Å². The van der Waals surface area contributed by atoms with Crippen molar-refractivity contribution in [3.05, 3.63) is 11.5 Å². The van der Waals surface area contributed by atoms with Crippen LogP contribution in [0.5, 0.6) is 0 Å². The molecule has 0 saturated heterocycles. The van der Waals surface area contributed by atoms with Crippen molar-refractivity contribution in [1.29, 1.82) is 0 Å². The summed E-state index contributed by atoms with van der Waals surface area (Å²) in [5.74, 6) is 0. The van der Waals surface area contributed by atoms with Gasteiger partial charge >= 0.3 is 0 Å². The highest BCUT2D eigenvalue weighted by atomic mass is 32.2. The number of unbranched alkanes of at least 4 members (excludes halogenated alkanes) is 2. The molecule has 1 nitrogen and oxygen atoms in total. The molecule has 0 saturated carbocycles. The van der Waals surface area contributed by atoms with Gasteiger partial charge in [0, 0.05) is 14.1 Å². The van der Waals surface area contributed by atoms with Crippen LogP contribution in [0.4, 0.5) is 0 Å². The molecule has 0 bridgehead atoms. The lowest BCUT2D eigenvalue weighted by molar-refractivity contribution is 0.648. The molecule has 0 aromatic heterocycles. The average molecular weight is 203 g/mol. The Labute approximate surface area is 85.2 Å². The van der Waals surface area contributed by atoms with Crippen LogP contribution in [0.3, 0.4) is 0 Å². The lowest BCUT2D eigenvalue weighted by atomic mass is 10.2. The van der Waals surface area contributed by atoms with E-state index >= 15 is 0 Å². The molecule has 0 aromatic carbocycles. The van der Waals surface area contributed by atoms with Crippen molar-refractivity contribution in [3.8, 4) is 0 Å². The normalized spacial score (nSPS) is 10.6. The Morgan fingerprint density at radius 2 is 2.17 bits per heavy atom. The molecule has 0 amide bonds. The van der Waals surface area contributed by atoms with Crippen molar-refractivity contribution >= 4 is 28.3 Å². The van der Waals surface area contributed by atoms with Crippen molar-refractivity contribution < 1.29 is 0 Å². The van der Waals surface area contributed by atoms with E-state index in [1.165, 1.54) is 19.3 Å². The molecule has 0 spiro atoms. The number of hydrogen-bond donors (Lipinski definition) is 0. The molecule has 0 aliphatic carbocycles. The van der Waals surface area contributed by atoms with Crippen LogP contribution < -0.4 is 0 Å². The van der Waals surface area contributed by atoms with Crippen LogP contribution in [0.15, 0.2) is 11.5 Å². The summed E-state index contributed by atoms with van der Waals surface area (Å²) in [4.78, 5) is 1.95. The van der Waals surface area contributed by atoms with Crippen molar-refractivity contribution in [2.45, 2.75) is 26.2 Å². The first-order chi connectivity index (χ1) is 5.68. The van der Waals surface area contributed by atoms with E-state index in [1.54, 1.807) is 11.8 Å². The van der Waals surface area contributed by atoms with E-state index in [-0.39, 0.29) is 0 Å². The van der Waals surface area contributed by atoms with Gasteiger partial charge in [0.1, 0.15) is 4.32 Å². The Balaban J connectivity index is 3.40. The van der Waals surface area contributed by atoms with E-state index in [2.05, 4.69) is 18.4 Å². The third-order valence-electron chi connectivity index (χ3n) is 1.35. The van der Waals surface area contributed by atoms with Crippen LogP contribution in [0, 0.1) is 0 Å². The minimum absolute atomic E-state index is 0.919. The third-order valence-corrected chi connectivity index (χ3v) is 2.90. The lowest BCUT2D eigenvalue weighted by Crippen LogP contribution is -2.15. The zero-order chi connectivity index (χ0) is 9.40. The number of nitrogens with zero attached hydrogens (tertiary/aromatic N) is 1. The van der Waals surface area contributed by atoms with Gasteiger partial charge in [0.05, 0.1) is 0 Å². The quantitative estimate of drug-likeness (QED) is 0.510. The van der Waals surface area contributed by atoms with Gasteiger partial charge in [-0.25, -0.2) is 0 Å². The first-order valence-corrected chi connectivity index (χ1v) is 5.50. The predicted molar refractivity (Wildman–Crippen MR) is 62.5 cm³/mol. The minimum atomic E-state index is 0.919. The van der Waals surface area contributed by atoms with E-state index in [0.29, 0.717) is 0 Å². The van der Waals surface area contributed by atoms with Gasteiger partial charge in [-0.15, -0.1) is 0 Å². The first-order valence-electron chi connectivity index (χ1n) is 4.21. The van der Waals surface area contributed by atoms with Crippen molar-refractivity contribution in [3.63, 3.8) is 0 Å². The van der Waals surface area contributed by atoms with E-state index in [4.69, 9.17) is 12.2 Å². The molecule has 0 atom stereocenters. The second-order valence-electron chi connectivity index (χ2n) is 2.79. The monoisotopic (exact) mass is 203 g/mol. The highest BCUT2D eigenvalue weighted by Gasteiger charge is 1.94. The molecule has 0 fully saturated rings. The third kappa shape index (κ3) is 6.68. The molecule has 3 heteroatoms. The van der Waals surface area contributed by atoms with Crippen LogP contribution in [0.25, 0.3) is 0 Å². The topological polar surface area (TPSA) is 3.24 Å². The number of rotatable bonds is 4. The predicted octanol–water partition coefficient (Wildman–Crippen LogP) is 3.27. The molecule has 0 N–H and O–H groups in total. The smallest absolute Gasteiger partial charge is 0.140 e. The van der Waals surface area contributed by atoms with Crippen molar-refractivity contribution in [1.82, 2.24) is 4.90 Å². The molecule has 0 aliphatic heterocycles. The Hall–Kier alpha value is -0.0200. The van der Waals surface area contributed by atoms with Gasteiger partial charge in [0.15, 0.2) is 0 Å². The highest BCUT2D eigenvalue weighted by molar-refractivity contribution is 8.24. The molecule has 0 radical (unpaired) electrons. The van der Waals surface area contributed by atoms with Gasteiger partial charge in [-0.3, -0.25) is 0 Å². The van der Waals surface area contributed by atoms with Gasteiger partial charge in [0.25, 0.3) is 0 Å². The molecule has 0 rings (SSSR count). The lowest BCUT2D eigenvalue weighted by Gasteiger charge is -2.09. The molecule has 0 heterocycles. The average Bonchev–Trinajstić information content (AvgIpc) is 2.03. The fourth-order valence-electron chi connectivity index (χ4n) is 0.602. The second-order valence-corrected chi connectivity index (χ2v) is 4.33. The van der Waals surface area contributed by atoms with Gasteiger partial charge in [-0.1, -0.05) is 49.8 Å². The number of thiocarbonyl (C=S) groups is 1. The fraction of sp³-hybridized carbons (Fsp3) is 0.667. The second kappa shape index (κ2) is 7.62. The summed E-state index contributed by atoms with van der Waals surface area (Å²) in [5.41, 5.74) is 0. The van der Waals surface area contributed by atoms with E-state index in [0.717, 1.165) is 4.32 Å². The van der Waals surface area contributed by atoms with E-state index < -0.39 is 0 Å². The van der Waals surface area contributed by atoms with Crippen LogP contribution >= 0.6 is 24.0 Å². The Bertz CT molecular complexity index is 153. The van der Waals surface area contributed by atoms with Gasteiger partial charge in [-0.2, -0.15) is 0 Å². The van der Waals surface area contributed by atoms with Crippen LogP contribution in [0.1, 0.15) is 26.2 Å². The van der Waals surface area contributed by atoms with Crippen molar-refractivity contribution in [2.75, 3.05) is 14.1 Å². The number of allylic oxidation sites excluding steroid dienone is 1. The maximum atomic E-state index is 5.09. The standard InChI is InChI=1S/C9H17NS2/c1-4-5-6-7-8-12-9(11)10(2)3/h7-8H,4-6H2,1-3H3/b8-7-. The fourth-order valence-corrected chi connectivity index (χ4v) is 1.33. The molecular formula is C9H17NS2. The largest absolute Gasteiger partial charge is 0.363 e. The van der Waals surface area contributed by atoms with Crippen LogP contribution in [0.2, 0.25) is 0 Å². The number of thioether (sulfide) groups is 1. The van der Waals surface area contributed by atoms with Crippen molar-refractivity contribution in [2.24, 2.45) is 0 Å². The summed E-state index contributed by atoms with van der Waals surface area (Å²) < 4.78 is 0.919. The Kier molecular flexibility index (Phi) is 7.61. The number of hydrogen-bond acceptors (Lipinski definition) is 2. The molecule has 0 aliphatic rings. The van der Waals surface area contributed by atoms with Gasteiger partial charge in [-0.05, 0) is 11.8 Å². The molecular weight excluding hydrogens is 186 g/mol. The Morgan fingerprint density at radius 1 is 1.50 bits per heavy atom. The van der Waals surface area contributed by atoms with Crippen LogP contribution in [-0.2, 0) is 0 Å². The maximum absolute atomic E-state index is 5.09. The molecule has 70 valence electrons.